The predicted molar refractivity (Wildman–Crippen MR) is 129 cm³/mol. The van der Waals surface area contributed by atoms with Gasteiger partial charge in [0.2, 0.25) is 11.6 Å². The number of rotatable bonds is 9. The van der Waals surface area contributed by atoms with Gasteiger partial charge in [-0.05, 0) is 42.7 Å². The predicted octanol–water partition coefficient (Wildman–Crippen LogP) is 5.95. The first-order chi connectivity index (χ1) is 17.6. The molecule has 3 aromatic rings. The maximum Gasteiger partial charge on any atom is 0.335 e. The molecule has 1 atom stereocenters. The molecular formula is C26H22ClF3N2O5. The number of amides is 1. The topological polar surface area (TPSA) is 103 Å². The number of halogens is 4. The summed E-state index contributed by atoms with van der Waals surface area (Å²) >= 11 is 5.84. The fourth-order valence-corrected chi connectivity index (χ4v) is 4.30. The first-order valence-electron chi connectivity index (χ1n) is 11.3. The van der Waals surface area contributed by atoms with Gasteiger partial charge in [0.25, 0.3) is 6.43 Å². The Labute approximate surface area is 215 Å². The zero-order valence-electron chi connectivity index (χ0n) is 19.5. The van der Waals surface area contributed by atoms with Crippen LogP contribution in [0.25, 0.3) is 11.1 Å². The van der Waals surface area contributed by atoms with Crippen molar-refractivity contribution in [1.82, 2.24) is 0 Å². The van der Waals surface area contributed by atoms with Crippen molar-refractivity contribution in [2.45, 2.75) is 31.6 Å². The van der Waals surface area contributed by atoms with Gasteiger partial charge in [0, 0.05) is 16.8 Å². The van der Waals surface area contributed by atoms with Crippen LogP contribution in [0.1, 0.15) is 53.2 Å². The zero-order valence-corrected chi connectivity index (χ0v) is 20.3. The van der Waals surface area contributed by atoms with Gasteiger partial charge in [-0.25, -0.2) is 18.0 Å². The summed E-state index contributed by atoms with van der Waals surface area (Å²) in [5, 5.41) is 24.5. The van der Waals surface area contributed by atoms with E-state index in [0.717, 1.165) is 31.2 Å². The Balaban J connectivity index is 1.74. The number of hydrogen-bond donors (Lipinski definition) is 2. The minimum atomic E-state index is -3.05. The van der Waals surface area contributed by atoms with Crippen LogP contribution in [0.3, 0.4) is 0 Å². The van der Waals surface area contributed by atoms with Gasteiger partial charge in [0.1, 0.15) is 17.5 Å². The van der Waals surface area contributed by atoms with Crippen LogP contribution >= 0.6 is 11.6 Å². The van der Waals surface area contributed by atoms with Crippen molar-refractivity contribution in [2.24, 2.45) is 5.92 Å². The van der Waals surface area contributed by atoms with Crippen molar-refractivity contribution in [3.63, 3.8) is 0 Å². The lowest BCUT2D eigenvalue weighted by Gasteiger charge is -2.19. The van der Waals surface area contributed by atoms with Crippen molar-refractivity contribution >= 4 is 29.2 Å². The Morgan fingerprint density at radius 3 is 2.46 bits per heavy atom. The van der Waals surface area contributed by atoms with E-state index in [-0.39, 0.29) is 28.5 Å². The number of pyridine rings is 1. The van der Waals surface area contributed by atoms with E-state index in [9.17, 15) is 28.0 Å². The van der Waals surface area contributed by atoms with Crippen LogP contribution in [0.2, 0.25) is 5.02 Å². The second kappa shape index (κ2) is 10.7. The molecule has 1 aromatic heterocycles. The van der Waals surface area contributed by atoms with E-state index in [1.54, 1.807) is 0 Å². The quantitative estimate of drug-likeness (QED) is 0.261. The van der Waals surface area contributed by atoms with Crippen LogP contribution < -0.4 is 14.8 Å². The van der Waals surface area contributed by atoms with E-state index < -0.39 is 46.2 Å². The van der Waals surface area contributed by atoms with Crippen molar-refractivity contribution in [3.05, 3.63) is 81.5 Å². The minimum absolute atomic E-state index is 0.00631. The summed E-state index contributed by atoms with van der Waals surface area (Å²) in [6, 6.07) is 8.76. The molecule has 1 aliphatic rings. The van der Waals surface area contributed by atoms with Crippen molar-refractivity contribution in [1.29, 1.82) is 0 Å². The molecule has 194 valence electrons. The minimum Gasteiger partial charge on any atom is -0.618 e. The van der Waals surface area contributed by atoms with Crippen molar-refractivity contribution in [3.8, 4) is 16.9 Å². The van der Waals surface area contributed by atoms with E-state index in [0.29, 0.717) is 16.8 Å². The number of ether oxygens (including phenoxy) is 1. The number of carbonyl (C=O) groups is 2. The Kier molecular flexibility index (Phi) is 7.58. The fraction of sp³-hybridized carbons (Fsp3) is 0.269. The summed E-state index contributed by atoms with van der Waals surface area (Å²) in [6.07, 6.45) is -0.0266. The first-order valence-corrected chi connectivity index (χ1v) is 11.7. The van der Waals surface area contributed by atoms with Gasteiger partial charge in [-0.15, -0.1) is 0 Å². The molecule has 0 aliphatic heterocycles. The van der Waals surface area contributed by atoms with E-state index in [2.05, 4.69) is 5.32 Å². The molecule has 1 heterocycles. The SMILES string of the molecule is COc1cc([C@H](CC2CC2)C(=O)Nc2ccc(C(=O)O)cc2)[n+]([O-])cc1-c1c(C(F)F)ccc(Cl)c1F. The summed E-state index contributed by atoms with van der Waals surface area (Å²) in [5.74, 6) is -3.56. The molecule has 7 nitrogen and oxygen atoms in total. The number of aromatic carboxylic acids is 1. The lowest BCUT2D eigenvalue weighted by atomic mass is 9.94. The van der Waals surface area contributed by atoms with Crippen LogP contribution in [-0.2, 0) is 4.79 Å². The summed E-state index contributed by atoms with van der Waals surface area (Å²) in [5.41, 5.74) is -1.08. The number of nitrogens with zero attached hydrogens (tertiary/aromatic N) is 1. The Bertz CT molecular complexity index is 1350. The summed E-state index contributed by atoms with van der Waals surface area (Å²) in [7, 11) is 1.24. The fourth-order valence-electron chi connectivity index (χ4n) is 4.14. The third kappa shape index (κ3) is 5.64. The van der Waals surface area contributed by atoms with Gasteiger partial charge in [-0.3, -0.25) is 4.79 Å². The molecule has 0 radical (unpaired) electrons. The highest BCUT2D eigenvalue weighted by Gasteiger charge is 2.36. The molecule has 0 unspecified atom stereocenters. The number of nitrogens with one attached hydrogen (secondary N) is 1. The first kappa shape index (κ1) is 26.3. The number of hydrogen-bond acceptors (Lipinski definition) is 4. The maximum absolute atomic E-state index is 14.9. The normalized spacial score (nSPS) is 13.9. The average molecular weight is 535 g/mol. The monoisotopic (exact) mass is 534 g/mol. The number of alkyl halides is 2. The second-order valence-electron chi connectivity index (χ2n) is 8.74. The maximum atomic E-state index is 14.9. The molecule has 0 bridgehead atoms. The van der Waals surface area contributed by atoms with Gasteiger partial charge >= 0.3 is 5.97 Å². The number of carbonyl (C=O) groups excluding carboxylic acids is 1. The molecule has 1 amide bonds. The van der Waals surface area contributed by atoms with Crippen molar-refractivity contribution in [2.75, 3.05) is 12.4 Å². The summed E-state index contributed by atoms with van der Waals surface area (Å²) < 4.78 is 48.0. The van der Waals surface area contributed by atoms with Crippen LogP contribution in [-0.4, -0.2) is 24.1 Å². The van der Waals surface area contributed by atoms with Gasteiger partial charge in [-0.2, -0.15) is 4.73 Å². The molecule has 1 saturated carbocycles. The molecule has 4 rings (SSSR count). The molecule has 1 fully saturated rings. The van der Waals surface area contributed by atoms with Crippen LogP contribution in [0.5, 0.6) is 5.75 Å². The summed E-state index contributed by atoms with van der Waals surface area (Å²) in [4.78, 5) is 24.3. The lowest BCUT2D eigenvalue weighted by Crippen LogP contribution is -2.37. The highest BCUT2D eigenvalue weighted by atomic mass is 35.5. The average Bonchev–Trinajstić information content (AvgIpc) is 3.68. The number of methoxy groups -OCH3 is 1. The largest absolute Gasteiger partial charge is 0.618 e. The number of carboxylic acids is 1. The van der Waals surface area contributed by atoms with E-state index in [1.165, 1.54) is 37.4 Å². The Morgan fingerprint density at radius 1 is 1.22 bits per heavy atom. The van der Waals surface area contributed by atoms with Gasteiger partial charge in [-0.1, -0.05) is 30.5 Å². The molecule has 37 heavy (non-hydrogen) atoms. The smallest absolute Gasteiger partial charge is 0.335 e. The Morgan fingerprint density at radius 2 is 1.89 bits per heavy atom. The van der Waals surface area contributed by atoms with E-state index in [4.69, 9.17) is 21.4 Å². The van der Waals surface area contributed by atoms with E-state index >= 15 is 0 Å². The molecule has 0 spiro atoms. The second-order valence-corrected chi connectivity index (χ2v) is 9.14. The lowest BCUT2D eigenvalue weighted by molar-refractivity contribution is -0.614. The van der Waals surface area contributed by atoms with Crippen LogP contribution in [0.15, 0.2) is 48.7 Å². The molecular weight excluding hydrogens is 513 g/mol. The standard InChI is InChI=1S/C26H22ClF3N2O5/c1-37-21-11-20(32(36)12-18(21)22-16(24(29)30)8-9-19(27)23(22)28)17(10-13-2-3-13)25(33)31-15-6-4-14(5-7-15)26(34)35/h4-9,11-13,17,24H,2-3,10H2,1H3,(H,31,33)(H,34,35)/t17-/m0/s1. The third-order valence-corrected chi connectivity index (χ3v) is 6.53. The van der Waals surface area contributed by atoms with Gasteiger partial charge in [0.05, 0.1) is 29.3 Å². The third-order valence-electron chi connectivity index (χ3n) is 6.24. The van der Waals surface area contributed by atoms with Crippen LogP contribution in [0, 0.1) is 16.9 Å². The number of anilines is 1. The molecule has 2 N–H and O–H groups in total. The zero-order chi connectivity index (χ0) is 26.9. The van der Waals surface area contributed by atoms with Crippen LogP contribution in [0.4, 0.5) is 18.9 Å². The highest BCUT2D eigenvalue weighted by molar-refractivity contribution is 6.31. The molecule has 0 saturated heterocycles. The molecule has 1 aliphatic carbocycles. The van der Waals surface area contributed by atoms with Gasteiger partial charge in [0.15, 0.2) is 6.20 Å². The van der Waals surface area contributed by atoms with Crippen molar-refractivity contribution < 1.29 is 37.3 Å². The number of benzene rings is 2. The molecule has 2 aromatic carbocycles. The van der Waals surface area contributed by atoms with Gasteiger partial charge < -0.3 is 20.4 Å². The van der Waals surface area contributed by atoms with E-state index in [1.807, 2.05) is 0 Å². The Hall–Kier alpha value is -3.79. The summed E-state index contributed by atoms with van der Waals surface area (Å²) in [6.45, 7) is 0. The molecule has 11 heteroatoms. The number of aromatic nitrogens is 1. The highest BCUT2D eigenvalue weighted by Crippen LogP contribution is 2.42. The number of carboxylic acid groups (broad SMARTS) is 1.